The first kappa shape index (κ1) is 27.9. The number of nitrogens with zero attached hydrogens (tertiary/aromatic N) is 1. The van der Waals surface area contributed by atoms with Crippen LogP contribution in [0.4, 0.5) is 10.7 Å². The smallest absolute Gasteiger partial charge is 0.341 e. The van der Waals surface area contributed by atoms with Crippen molar-refractivity contribution in [3.63, 3.8) is 0 Å². The number of fused-ring (bicyclic) bond motifs is 1. The van der Waals surface area contributed by atoms with Gasteiger partial charge < -0.3 is 25.4 Å². The van der Waals surface area contributed by atoms with Gasteiger partial charge in [-0.2, -0.15) is 0 Å². The highest BCUT2D eigenvalue weighted by atomic mass is 32.2. The Hall–Kier alpha value is -4.16. The fourth-order valence-electron chi connectivity index (χ4n) is 4.12. The van der Waals surface area contributed by atoms with Crippen molar-refractivity contribution in [3.8, 4) is 0 Å². The quantitative estimate of drug-likeness (QED) is 0.273. The minimum Gasteiger partial charge on any atom is -0.478 e. The molecule has 0 radical (unpaired) electrons. The normalized spacial score (nSPS) is 12.3. The maximum atomic E-state index is 12.8. The summed E-state index contributed by atoms with van der Waals surface area (Å²) < 4.78 is 4.95. The predicted octanol–water partition coefficient (Wildman–Crippen LogP) is 4.12. The molecule has 4 rings (SSSR count). The molecule has 0 aliphatic carbocycles. The second-order valence-corrected chi connectivity index (χ2v) is 10.7. The first-order chi connectivity index (χ1) is 18.7. The van der Waals surface area contributed by atoms with Crippen molar-refractivity contribution in [2.45, 2.75) is 24.8 Å². The summed E-state index contributed by atoms with van der Waals surface area (Å²) in [5.41, 5.74) is 1.49. The number of amides is 3. The molecular weight excluding hydrogens is 542 g/mol. The molecule has 1 aromatic heterocycles. The van der Waals surface area contributed by atoms with Crippen LogP contribution in [-0.2, 0) is 27.3 Å². The number of carbonyl (C=O) groups is 5. The van der Waals surface area contributed by atoms with Gasteiger partial charge in [0.05, 0.1) is 36.1 Å². The molecule has 0 atom stereocenters. The zero-order valence-electron chi connectivity index (χ0n) is 21.1. The molecule has 39 heavy (non-hydrogen) atoms. The summed E-state index contributed by atoms with van der Waals surface area (Å²) in [6.07, 6.45) is 0.496. The van der Waals surface area contributed by atoms with E-state index in [1.54, 1.807) is 41.3 Å². The Morgan fingerprint density at radius 3 is 2.49 bits per heavy atom. The Bertz CT molecular complexity index is 1470. The van der Waals surface area contributed by atoms with Crippen molar-refractivity contribution in [1.29, 1.82) is 0 Å². The number of carbonyl (C=O) groups excluding carboxylic acids is 4. The lowest BCUT2D eigenvalue weighted by Gasteiger charge is -2.25. The van der Waals surface area contributed by atoms with Gasteiger partial charge in [-0.15, -0.1) is 23.1 Å². The predicted molar refractivity (Wildman–Crippen MR) is 148 cm³/mol. The van der Waals surface area contributed by atoms with E-state index in [1.807, 2.05) is 0 Å². The highest BCUT2D eigenvalue weighted by Gasteiger charge is 2.30. The first-order valence-corrected chi connectivity index (χ1v) is 13.6. The molecule has 0 bridgehead atoms. The third kappa shape index (κ3) is 6.47. The Balaban J connectivity index is 1.42. The number of hydrogen-bond donors (Lipinski definition) is 3. The number of hydrogen-bond acceptors (Lipinski definition) is 8. The molecule has 2 heterocycles. The number of benzene rings is 2. The molecule has 10 nitrogen and oxygen atoms in total. The molecular formula is C27H25N3O7S2. The molecule has 1 aliphatic rings. The van der Waals surface area contributed by atoms with Crippen molar-refractivity contribution >= 4 is 63.4 Å². The van der Waals surface area contributed by atoms with E-state index in [0.29, 0.717) is 40.7 Å². The van der Waals surface area contributed by atoms with Gasteiger partial charge in [0.2, 0.25) is 11.8 Å². The largest absolute Gasteiger partial charge is 0.478 e. The van der Waals surface area contributed by atoms with Crippen molar-refractivity contribution in [1.82, 2.24) is 4.90 Å². The van der Waals surface area contributed by atoms with Crippen LogP contribution in [0.3, 0.4) is 0 Å². The standard InChI is InChI=1S/C27H25N3O7S2/c1-15(31)30-11-10-20-21(13-30)39-25(23(20)27(36)37-2)29-22(32)14-38-17-7-5-6-16(12-17)28-24(33)18-8-3-4-9-19(18)26(34)35/h3-9,12H,10-11,13-14H2,1-2H3,(H,28,33)(H,29,32)(H,34,35). The number of rotatable bonds is 8. The van der Waals surface area contributed by atoms with Crippen LogP contribution < -0.4 is 10.6 Å². The minimum atomic E-state index is -1.20. The fourth-order valence-corrected chi connectivity index (χ4v) is 6.14. The van der Waals surface area contributed by atoms with Gasteiger partial charge in [0.1, 0.15) is 5.00 Å². The second kappa shape index (κ2) is 12.1. The van der Waals surface area contributed by atoms with Gasteiger partial charge >= 0.3 is 11.9 Å². The summed E-state index contributed by atoms with van der Waals surface area (Å²) in [7, 11) is 1.28. The topological polar surface area (TPSA) is 142 Å². The van der Waals surface area contributed by atoms with Crippen LogP contribution in [0.5, 0.6) is 0 Å². The lowest BCUT2D eigenvalue weighted by Crippen LogP contribution is -2.33. The summed E-state index contributed by atoms with van der Waals surface area (Å²) in [5.74, 6) is -2.67. The third-order valence-electron chi connectivity index (χ3n) is 6.01. The van der Waals surface area contributed by atoms with Crippen LogP contribution in [0.1, 0.15) is 48.4 Å². The van der Waals surface area contributed by atoms with E-state index in [-0.39, 0.29) is 28.7 Å². The van der Waals surface area contributed by atoms with Crippen molar-refractivity contribution in [2.24, 2.45) is 0 Å². The van der Waals surface area contributed by atoms with Gasteiger partial charge in [-0.1, -0.05) is 18.2 Å². The molecule has 0 saturated carbocycles. The number of ether oxygens (including phenoxy) is 1. The van der Waals surface area contributed by atoms with E-state index in [2.05, 4.69) is 10.6 Å². The molecule has 2 aromatic carbocycles. The molecule has 3 aromatic rings. The number of carboxylic acid groups (broad SMARTS) is 1. The molecule has 0 saturated heterocycles. The molecule has 0 unspecified atom stereocenters. The molecule has 1 aliphatic heterocycles. The van der Waals surface area contributed by atoms with Gasteiger partial charge in [-0.3, -0.25) is 14.4 Å². The fraction of sp³-hybridized carbons (Fsp3) is 0.222. The van der Waals surface area contributed by atoms with E-state index in [1.165, 1.54) is 49.3 Å². The molecule has 202 valence electrons. The van der Waals surface area contributed by atoms with Crippen molar-refractivity contribution < 1.29 is 33.8 Å². The Morgan fingerprint density at radius 1 is 1.05 bits per heavy atom. The van der Waals surface area contributed by atoms with Crippen LogP contribution in [0.25, 0.3) is 0 Å². The molecule has 12 heteroatoms. The number of aromatic carboxylic acids is 1. The zero-order valence-corrected chi connectivity index (χ0v) is 22.7. The third-order valence-corrected chi connectivity index (χ3v) is 8.13. The summed E-state index contributed by atoms with van der Waals surface area (Å²) >= 11 is 2.49. The van der Waals surface area contributed by atoms with Gasteiger partial charge in [0.15, 0.2) is 0 Å². The van der Waals surface area contributed by atoms with E-state index >= 15 is 0 Å². The maximum absolute atomic E-state index is 12.8. The van der Waals surface area contributed by atoms with Crippen LogP contribution in [0.15, 0.2) is 53.4 Å². The summed E-state index contributed by atoms with van der Waals surface area (Å²) in [6, 6.07) is 12.8. The SMILES string of the molecule is COC(=O)c1c(NC(=O)CSc2cccc(NC(=O)c3ccccc3C(=O)O)c2)sc2c1CCN(C(C)=O)C2. The average Bonchev–Trinajstić information content (AvgIpc) is 3.28. The summed E-state index contributed by atoms with van der Waals surface area (Å²) in [4.78, 5) is 64.5. The summed E-state index contributed by atoms with van der Waals surface area (Å²) in [6.45, 7) is 2.36. The van der Waals surface area contributed by atoms with Gasteiger partial charge in [0, 0.05) is 28.9 Å². The number of anilines is 2. The van der Waals surface area contributed by atoms with E-state index in [0.717, 1.165) is 10.4 Å². The Morgan fingerprint density at radius 2 is 1.79 bits per heavy atom. The number of methoxy groups -OCH3 is 1. The van der Waals surface area contributed by atoms with Crippen LogP contribution >= 0.6 is 23.1 Å². The number of esters is 1. The minimum absolute atomic E-state index is 0.0298. The maximum Gasteiger partial charge on any atom is 0.341 e. The lowest BCUT2D eigenvalue weighted by atomic mass is 10.0. The zero-order chi connectivity index (χ0) is 28.1. The molecule has 0 spiro atoms. The monoisotopic (exact) mass is 567 g/mol. The van der Waals surface area contributed by atoms with Gasteiger partial charge in [-0.25, -0.2) is 9.59 Å². The van der Waals surface area contributed by atoms with E-state index < -0.39 is 17.8 Å². The Kier molecular flexibility index (Phi) is 8.67. The van der Waals surface area contributed by atoms with E-state index in [9.17, 15) is 29.1 Å². The first-order valence-electron chi connectivity index (χ1n) is 11.8. The Labute approximate surface area is 232 Å². The highest BCUT2D eigenvalue weighted by Crippen LogP contribution is 2.38. The van der Waals surface area contributed by atoms with Gasteiger partial charge in [0.25, 0.3) is 5.91 Å². The van der Waals surface area contributed by atoms with Gasteiger partial charge in [-0.05, 0) is 42.3 Å². The van der Waals surface area contributed by atoms with Crippen molar-refractivity contribution in [3.05, 3.63) is 75.7 Å². The van der Waals surface area contributed by atoms with Crippen LogP contribution in [0.2, 0.25) is 0 Å². The molecule has 3 amide bonds. The summed E-state index contributed by atoms with van der Waals surface area (Å²) in [5, 5.41) is 15.2. The van der Waals surface area contributed by atoms with Crippen LogP contribution in [0, 0.1) is 0 Å². The number of thioether (sulfide) groups is 1. The molecule has 3 N–H and O–H groups in total. The highest BCUT2D eigenvalue weighted by molar-refractivity contribution is 8.00. The average molecular weight is 568 g/mol. The number of carboxylic acids is 1. The van der Waals surface area contributed by atoms with Crippen LogP contribution in [-0.4, -0.2) is 59.1 Å². The van der Waals surface area contributed by atoms with E-state index in [4.69, 9.17) is 4.74 Å². The number of thiophene rings is 1. The lowest BCUT2D eigenvalue weighted by molar-refractivity contribution is -0.129. The second-order valence-electron chi connectivity index (χ2n) is 8.56. The van der Waals surface area contributed by atoms with Crippen molar-refractivity contribution in [2.75, 3.05) is 30.0 Å². The molecule has 0 fully saturated rings. The number of nitrogens with one attached hydrogen (secondary N) is 2.